The van der Waals surface area contributed by atoms with Crippen LogP contribution in [-0.4, -0.2) is 37.0 Å². The van der Waals surface area contributed by atoms with Crippen molar-refractivity contribution < 1.29 is 4.79 Å². The summed E-state index contributed by atoms with van der Waals surface area (Å²) in [5.74, 6) is 2.90. The SMILES string of the molecule is CCCN(CCC)CCCc1ccc(Cl)c(C(=O)NCC23CC4CC5CC(C2)C5(C4)C3)c1. The fourth-order valence-corrected chi connectivity index (χ4v) is 8.69. The predicted molar refractivity (Wildman–Crippen MR) is 132 cm³/mol. The Labute approximate surface area is 199 Å². The zero-order valence-electron chi connectivity index (χ0n) is 20.1. The number of aryl methyl sites for hydroxylation is 1. The van der Waals surface area contributed by atoms with Gasteiger partial charge in [0.2, 0.25) is 0 Å². The third-order valence-electron chi connectivity index (χ3n) is 9.51. The molecule has 1 N–H and O–H groups in total. The molecule has 4 saturated carbocycles. The van der Waals surface area contributed by atoms with Crippen LogP contribution in [0.5, 0.6) is 0 Å². The van der Waals surface area contributed by atoms with E-state index in [1.807, 2.05) is 12.1 Å². The molecule has 3 bridgehead atoms. The first-order chi connectivity index (χ1) is 15.5. The maximum Gasteiger partial charge on any atom is 0.252 e. The molecule has 32 heavy (non-hydrogen) atoms. The number of nitrogens with one attached hydrogen (secondary N) is 1. The quantitative estimate of drug-likeness (QED) is 0.421. The first-order valence-corrected chi connectivity index (χ1v) is 13.6. The van der Waals surface area contributed by atoms with E-state index in [1.54, 1.807) is 0 Å². The van der Waals surface area contributed by atoms with Crippen molar-refractivity contribution in [2.75, 3.05) is 26.2 Å². The molecule has 0 aromatic heterocycles. The number of nitrogens with zero attached hydrogens (tertiary/aromatic N) is 1. The van der Waals surface area contributed by atoms with Crippen LogP contribution in [0.3, 0.4) is 0 Å². The lowest BCUT2D eigenvalue weighted by Gasteiger charge is -2.49. The second kappa shape index (κ2) is 8.95. The minimum absolute atomic E-state index is 0.0241. The number of hydrogen-bond acceptors (Lipinski definition) is 2. The van der Waals surface area contributed by atoms with Crippen molar-refractivity contribution in [3.8, 4) is 0 Å². The van der Waals surface area contributed by atoms with E-state index < -0.39 is 0 Å². The van der Waals surface area contributed by atoms with Crippen molar-refractivity contribution in [2.45, 2.75) is 78.1 Å². The molecule has 0 radical (unpaired) electrons. The summed E-state index contributed by atoms with van der Waals surface area (Å²) in [4.78, 5) is 15.7. The zero-order chi connectivity index (χ0) is 22.3. The van der Waals surface area contributed by atoms with E-state index in [2.05, 4.69) is 30.1 Å². The molecular formula is C28H41ClN2O. The average Bonchev–Trinajstić information content (AvgIpc) is 3.08. The Morgan fingerprint density at radius 2 is 1.91 bits per heavy atom. The number of fused-ring (bicyclic) bond motifs is 2. The van der Waals surface area contributed by atoms with E-state index in [-0.39, 0.29) is 5.91 Å². The third-order valence-corrected chi connectivity index (χ3v) is 9.84. The largest absolute Gasteiger partial charge is 0.351 e. The van der Waals surface area contributed by atoms with Crippen LogP contribution in [0.4, 0.5) is 0 Å². The molecule has 0 saturated heterocycles. The normalized spacial score (nSPS) is 34.1. The number of amides is 1. The van der Waals surface area contributed by atoms with Crippen LogP contribution in [0.1, 0.15) is 87.6 Å². The highest BCUT2D eigenvalue weighted by Crippen LogP contribution is 2.78. The lowest BCUT2D eigenvalue weighted by molar-refractivity contribution is -0.00253. The second-order valence-electron chi connectivity index (χ2n) is 11.7. The molecule has 1 aromatic carbocycles. The van der Waals surface area contributed by atoms with Crippen LogP contribution >= 0.6 is 11.6 Å². The highest BCUT2D eigenvalue weighted by Gasteiger charge is 2.70. The Balaban J connectivity index is 1.17. The molecule has 5 unspecified atom stereocenters. The standard InChI is InChI=1S/C28H41ClN2O/c1-3-9-31(10-4-2)11-5-6-20-7-8-25(29)24(13-20)26(32)30-19-27-15-21-12-22-14-23(17-27)28(22,16-21)18-27/h7-8,13,21-23H,3-6,9-12,14-19H2,1-2H3,(H,30,32). The molecule has 3 nitrogen and oxygen atoms in total. The first kappa shape index (κ1) is 22.7. The van der Waals surface area contributed by atoms with Gasteiger partial charge in [0.25, 0.3) is 5.91 Å². The van der Waals surface area contributed by atoms with E-state index in [0.717, 1.165) is 43.7 Å². The molecule has 4 heteroatoms. The maximum atomic E-state index is 13.1. The molecule has 1 amide bonds. The lowest BCUT2D eigenvalue weighted by atomic mass is 9.55. The van der Waals surface area contributed by atoms with Gasteiger partial charge in [-0.05, 0) is 130 Å². The molecule has 0 aliphatic heterocycles. The summed E-state index contributed by atoms with van der Waals surface area (Å²) >= 11 is 6.47. The van der Waals surface area contributed by atoms with Crippen molar-refractivity contribution in [1.82, 2.24) is 10.2 Å². The molecular weight excluding hydrogens is 416 g/mol. The van der Waals surface area contributed by atoms with Crippen molar-refractivity contribution in [1.29, 1.82) is 0 Å². The van der Waals surface area contributed by atoms with Gasteiger partial charge in [0, 0.05) is 6.54 Å². The summed E-state index contributed by atoms with van der Waals surface area (Å²) in [6.07, 6.45) is 13.0. The van der Waals surface area contributed by atoms with E-state index in [4.69, 9.17) is 11.6 Å². The van der Waals surface area contributed by atoms with Crippen molar-refractivity contribution in [3.63, 3.8) is 0 Å². The zero-order valence-corrected chi connectivity index (χ0v) is 20.9. The molecule has 5 atom stereocenters. The van der Waals surface area contributed by atoms with Crippen molar-refractivity contribution in [3.05, 3.63) is 34.3 Å². The van der Waals surface area contributed by atoms with Gasteiger partial charge in [-0.3, -0.25) is 4.79 Å². The van der Waals surface area contributed by atoms with E-state index >= 15 is 0 Å². The van der Waals surface area contributed by atoms with Gasteiger partial charge in [-0.1, -0.05) is 31.5 Å². The van der Waals surface area contributed by atoms with Gasteiger partial charge in [0.15, 0.2) is 0 Å². The number of carbonyl (C=O) groups is 1. The van der Waals surface area contributed by atoms with Crippen molar-refractivity contribution in [2.24, 2.45) is 28.6 Å². The van der Waals surface area contributed by atoms with Gasteiger partial charge in [-0.25, -0.2) is 0 Å². The summed E-state index contributed by atoms with van der Waals surface area (Å²) in [6, 6.07) is 6.05. The van der Waals surface area contributed by atoms with E-state index in [0.29, 0.717) is 21.4 Å². The fraction of sp³-hybridized carbons (Fsp3) is 0.750. The van der Waals surface area contributed by atoms with Gasteiger partial charge in [-0.15, -0.1) is 0 Å². The van der Waals surface area contributed by atoms with Gasteiger partial charge in [0.1, 0.15) is 0 Å². The topological polar surface area (TPSA) is 32.3 Å². The Morgan fingerprint density at radius 3 is 2.69 bits per heavy atom. The Bertz CT molecular complexity index is 846. The summed E-state index contributed by atoms with van der Waals surface area (Å²) in [6.45, 7) is 8.81. The van der Waals surface area contributed by atoms with Gasteiger partial charge in [-0.2, -0.15) is 0 Å². The first-order valence-electron chi connectivity index (χ1n) is 13.3. The minimum Gasteiger partial charge on any atom is -0.351 e. The van der Waals surface area contributed by atoms with Crippen LogP contribution in [0.15, 0.2) is 18.2 Å². The summed E-state index contributed by atoms with van der Waals surface area (Å²) in [7, 11) is 0. The molecule has 1 spiro atoms. The fourth-order valence-electron chi connectivity index (χ4n) is 8.48. The van der Waals surface area contributed by atoms with Crippen LogP contribution in [0.2, 0.25) is 5.02 Å². The predicted octanol–water partition coefficient (Wildman–Crippen LogP) is 6.34. The Morgan fingerprint density at radius 1 is 1.09 bits per heavy atom. The van der Waals surface area contributed by atoms with Gasteiger partial charge < -0.3 is 10.2 Å². The minimum atomic E-state index is 0.0241. The molecule has 4 aliphatic carbocycles. The Hall–Kier alpha value is -1.06. The number of benzene rings is 1. The highest BCUT2D eigenvalue weighted by atomic mass is 35.5. The average molecular weight is 457 g/mol. The van der Waals surface area contributed by atoms with E-state index in [1.165, 1.54) is 70.0 Å². The van der Waals surface area contributed by atoms with Crippen LogP contribution in [0, 0.1) is 28.6 Å². The molecule has 4 aliphatic rings. The number of rotatable bonds is 11. The molecule has 1 aromatic rings. The molecule has 4 fully saturated rings. The smallest absolute Gasteiger partial charge is 0.252 e. The number of halogens is 1. The highest BCUT2D eigenvalue weighted by molar-refractivity contribution is 6.33. The van der Waals surface area contributed by atoms with Crippen LogP contribution in [0.25, 0.3) is 0 Å². The summed E-state index contributed by atoms with van der Waals surface area (Å²) in [5.41, 5.74) is 2.92. The van der Waals surface area contributed by atoms with Crippen molar-refractivity contribution >= 4 is 17.5 Å². The molecule has 0 heterocycles. The Kier molecular flexibility index (Phi) is 6.35. The molecule has 176 valence electrons. The van der Waals surface area contributed by atoms with E-state index in [9.17, 15) is 4.79 Å². The second-order valence-corrected chi connectivity index (χ2v) is 12.1. The molecule has 5 rings (SSSR count). The third kappa shape index (κ3) is 4.02. The number of carbonyl (C=O) groups excluding carboxylic acids is 1. The number of hydrogen-bond donors (Lipinski definition) is 1. The maximum absolute atomic E-state index is 13.1. The lowest BCUT2D eigenvalue weighted by Crippen LogP contribution is -2.43. The van der Waals surface area contributed by atoms with Crippen LogP contribution < -0.4 is 5.32 Å². The van der Waals surface area contributed by atoms with Crippen LogP contribution in [-0.2, 0) is 6.42 Å². The van der Waals surface area contributed by atoms with Gasteiger partial charge in [0.05, 0.1) is 10.6 Å². The summed E-state index contributed by atoms with van der Waals surface area (Å²) < 4.78 is 0. The summed E-state index contributed by atoms with van der Waals surface area (Å²) in [5, 5.41) is 3.92. The van der Waals surface area contributed by atoms with Gasteiger partial charge >= 0.3 is 0 Å². The monoisotopic (exact) mass is 456 g/mol.